The lowest BCUT2D eigenvalue weighted by Gasteiger charge is -2.23. The van der Waals surface area contributed by atoms with Gasteiger partial charge in [-0.2, -0.15) is 0 Å². The average molecular weight is 338 g/mol. The molecule has 0 saturated carbocycles. The third-order valence-corrected chi connectivity index (χ3v) is 4.78. The lowest BCUT2D eigenvalue weighted by molar-refractivity contribution is -0.120. The van der Waals surface area contributed by atoms with Gasteiger partial charge >= 0.3 is 0 Å². The molecule has 0 fully saturated rings. The summed E-state index contributed by atoms with van der Waals surface area (Å²) in [6, 6.07) is 16.2. The molecular formula is C21H26N2O2. The van der Waals surface area contributed by atoms with Crippen LogP contribution >= 0.6 is 0 Å². The molecular weight excluding hydrogens is 312 g/mol. The number of carbonyl (C=O) groups excluding carboxylic acids is 1. The van der Waals surface area contributed by atoms with Gasteiger partial charge in [0.25, 0.3) is 5.91 Å². The average Bonchev–Trinajstić information content (AvgIpc) is 2.97. The normalized spacial score (nSPS) is 15.8. The molecule has 1 heterocycles. The number of nitrogens with zero attached hydrogens (tertiary/aromatic N) is 2. The van der Waals surface area contributed by atoms with E-state index in [4.69, 9.17) is 4.74 Å². The highest BCUT2D eigenvalue weighted by Gasteiger charge is 2.30. The quantitative estimate of drug-likeness (QED) is 0.801. The van der Waals surface area contributed by atoms with Crippen molar-refractivity contribution in [3.63, 3.8) is 0 Å². The second-order valence-corrected chi connectivity index (χ2v) is 6.40. The first-order chi connectivity index (χ1) is 12.1. The highest BCUT2D eigenvalue weighted by atomic mass is 16.5. The highest BCUT2D eigenvalue weighted by Crippen LogP contribution is 2.32. The second kappa shape index (κ2) is 7.60. The molecule has 1 atom stereocenters. The van der Waals surface area contributed by atoms with Crippen molar-refractivity contribution in [2.24, 2.45) is 0 Å². The van der Waals surface area contributed by atoms with Crippen LogP contribution in [0.4, 0.5) is 11.4 Å². The van der Waals surface area contributed by atoms with Crippen molar-refractivity contribution in [3.05, 3.63) is 54.1 Å². The molecule has 4 nitrogen and oxygen atoms in total. The van der Waals surface area contributed by atoms with Gasteiger partial charge in [-0.1, -0.05) is 24.3 Å². The topological polar surface area (TPSA) is 32.8 Å². The standard InChI is InChI=1S/C21H26N2O2/c1-4-22(5-2)18-10-8-11-19(14-18)25-15-21(24)23-16(3)13-17-9-6-7-12-20(17)23/h6-12,14,16H,4-5,13,15H2,1-3H3/t16-/m0/s1. The molecule has 0 saturated heterocycles. The van der Waals surface area contributed by atoms with Crippen LogP contribution in [-0.4, -0.2) is 31.6 Å². The van der Waals surface area contributed by atoms with Gasteiger partial charge in [0.15, 0.2) is 6.61 Å². The Kier molecular flexibility index (Phi) is 5.27. The monoisotopic (exact) mass is 338 g/mol. The third-order valence-electron chi connectivity index (χ3n) is 4.78. The summed E-state index contributed by atoms with van der Waals surface area (Å²) in [6.45, 7) is 8.29. The van der Waals surface area contributed by atoms with Crippen LogP contribution in [0.5, 0.6) is 5.75 Å². The molecule has 2 aromatic rings. The molecule has 2 aromatic carbocycles. The van der Waals surface area contributed by atoms with Gasteiger partial charge in [0, 0.05) is 36.6 Å². The third kappa shape index (κ3) is 3.63. The van der Waals surface area contributed by atoms with Gasteiger partial charge in [-0.3, -0.25) is 4.79 Å². The number of para-hydroxylation sites is 1. The van der Waals surface area contributed by atoms with E-state index in [1.807, 2.05) is 41.3 Å². The molecule has 1 amide bonds. The molecule has 0 spiro atoms. The Morgan fingerprint density at radius 3 is 2.68 bits per heavy atom. The number of fused-ring (bicyclic) bond motifs is 1. The maximum absolute atomic E-state index is 12.7. The number of hydrogen-bond donors (Lipinski definition) is 0. The van der Waals surface area contributed by atoms with Crippen molar-refractivity contribution >= 4 is 17.3 Å². The van der Waals surface area contributed by atoms with E-state index in [0.29, 0.717) is 0 Å². The second-order valence-electron chi connectivity index (χ2n) is 6.40. The number of hydrogen-bond acceptors (Lipinski definition) is 3. The first-order valence-corrected chi connectivity index (χ1v) is 9.01. The van der Waals surface area contributed by atoms with E-state index in [9.17, 15) is 4.79 Å². The maximum Gasteiger partial charge on any atom is 0.265 e. The highest BCUT2D eigenvalue weighted by molar-refractivity contribution is 5.97. The lowest BCUT2D eigenvalue weighted by atomic mass is 10.1. The SMILES string of the molecule is CCN(CC)c1cccc(OCC(=O)N2c3ccccc3C[C@@H]2C)c1. The van der Waals surface area contributed by atoms with Crippen molar-refractivity contribution in [2.75, 3.05) is 29.5 Å². The predicted molar refractivity (Wildman–Crippen MR) is 103 cm³/mol. The summed E-state index contributed by atoms with van der Waals surface area (Å²) in [7, 11) is 0. The summed E-state index contributed by atoms with van der Waals surface area (Å²) in [5.41, 5.74) is 3.36. The molecule has 1 aliphatic heterocycles. The molecule has 0 bridgehead atoms. The molecule has 4 heteroatoms. The van der Waals surface area contributed by atoms with Gasteiger partial charge in [-0.05, 0) is 51.0 Å². The number of amides is 1. The van der Waals surface area contributed by atoms with E-state index in [1.165, 1.54) is 5.56 Å². The van der Waals surface area contributed by atoms with Crippen molar-refractivity contribution in [1.82, 2.24) is 0 Å². The first kappa shape index (κ1) is 17.3. The van der Waals surface area contributed by atoms with Crippen LogP contribution in [0.25, 0.3) is 0 Å². The Labute approximate surface area is 150 Å². The fourth-order valence-corrected chi connectivity index (χ4v) is 3.52. The summed E-state index contributed by atoms with van der Waals surface area (Å²) in [5, 5.41) is 0. The zero-order valence-corrected chi connectivity index (χ0v) is 15.2. The van der Waals surface area contributed by atoms with E-state index in [1.54, 1.807) is 0 Å². The zero-order valence-electron chi connectivity index (χ0n) is 15.2. The van der Waals surface area contributed by atoms with Gasteiger partial charge < -0.3 is 14.5 Å². The summed E-state index contributed by atoms with van der Waals surface area (Å²) in [4.78, 5) is 16.8. The molecule has 1 aliphatic rings. The molecule has 0 radical (unpaired) electrons. The van der Waals surface area contributed by atoms with Crippen LogP contribution in [0.3, 0.4) is 0 Å². The van der Waals surface area contributed by atoms with Crippen LogP contribution in [0.15, 0.2) is 48.5 Å². The van der Waals surface area contributed by atoms with Crippen LogP contribution in [0.1, 0.15) is 26.3 Å². The number of anilines is 2. The minimum absolute atomic E-state index is 0.00527. The summed E-state index contributed by atoms with van der Waals surface area (Å²) >= 11 is 0. The number of carbonyl (C=O) groups is 1. The molecule has 132 valence electrons. The van der Waals surface area contributed by atoms with E-state index < -0.39 is 0 Å². The van der Waals surface area contributed by atoms with Crippen LogP contribution in [-0.2, 0) is 11.2 Å². The fourth-order valence-electron chi connectivity index (χ4n) is 3.52. The van der Waals surface area contributed by atoms with Crippen molar-refractivity contribution in [2.45, 2.75) is 33.2 Å². The van der Waals surface area contributed by atoms with E-state index in [-0.39, 0.29) is 18.6 Å². The molecule has 0 aromatic heterocycles. The minimum atomic E-state index is 0.00527. The van der Waals surface area contributed by atoms with Gasteiger partial charge in [0.2, 0.25) is 0 Å². The van der Waals surface area contributed by atoms with Crippen molar-refractivity contribution in [3.8, 4) is 5.75 Å². The molecule has 25 heavy (non-hydrogen) atoms. The molecule has 0 unspecified atom stereocenters. The summed E-state index contributed by atoms with van der Waals surface area (Å²) in [5.74, 6) is 0.739. The lowest BCUT2D eigenvalue weighted by Crippen LogP contribution is -2.39. The smallest absolute Gasteiger partial charge is 0.265 e. The first-order valence-electron chi connectivity index (χ1n) is 9.01. The Morgan fingerprint density at radius 2 is 1.92 bits per heavy atom. The Morgan fingerprint density at radius 1 is 1.16 bits per heavy atom. The van der Waals surface area contributed by atoms with E-state index in [2.05, 4.69) is 37.8 Å². The predicted octanol–water partition coefficient (Wildman–Crippen LogP) is 3.89. The van der Waals surface area contributed by atoms with Crippen LogP contribution in [0.2, 0.25) is 0 Å². The molecule has 0 N–H and O–H groups in total. The van der Waals surface area contributed by atoms with E-state index >= 15 is 0 Å². The van der Waals surface area contributed by atoms with E-state index in [0.717, 1.165) is 36.6 Å². The van der Waals surface area contributed by atoms with Crippen molar-refractivity contribution in [1.29, 1.82) is 0 Å². The van der Waals surface area contributed by atoms with Gasteiger partial charge in [-0.25, -0.2) is 0 Å². The summed E-state index contributed by atoms with van der Waals surface area (Å²) < 4.78 is 5.81. The number of rotatable bonds is 6. The Hall–Kier alpha value is -2.49. The Balaban J connectivity index is 1.68. The van der Waals surface area contributed by atoms with Gasteiger partial charge in [-0.15, -0.1) is 0 Å². The zero-order chi connectivity index (χ0) is 17.8. The van der Waals surface area contributed by atoms with Crippen molar-refractivity contribution < 1.29 is 9.53 Å². The molecule has 3 rings (SSSR count). The van der Waals surface area contributed by atoms with Crippen LogP contribution < -0.4 is 14.5 Å². The number of benzene rings is 2. The molecule has 0 aliphatic carbocycles. The minimum Gasteiger partial charge on any atom is -0.484 e. The van der Waals surface area contributed by atoms with Crippen LogP contribution in [0, 0.1) is 0 Å². The maximum atomic E-state index is 12.7. The summed E-state index contributed by atoms with van der Waals surface area (Å²) in [6.07, 6.45) is 0.902. The largest absolute Gasteiger partial charge is 0.484 e. The number of ether oxygens (including phenoxy) is 1. The van der Waals surface area contributed by atoms with Gasteiger partial charge in [0.05, 0.1) is 0 Å². The fraction of sp³-hybridized carbons (Fsp3) is 0.381. The Bertz CT molecular complexity index is 740. The van der Waals surface area contributed by atoms with Gasteiger partial charge in [0.1, 0.15) is 5.75 Å².